The third-order valence-corrected chi connectivity index (χ3v) is 3.24. The third kappa shape index (κ3) is 1.94. The molecule has 2 N–H and O–H groups in total. The molecule has 0 atom stereocenters. The minimum atomic E-state index is -0.533. The second kappa shape index (κ2) is 4.24. The van der Waals surface area contributed by atoms with Gasteiger partial charge in [-0.1, -0.05) is 23.7 Å². The van der Waals surface area contributed by atoms with Gasteiger partial charge in [-0.2, -0.15) is 0 Å². The Kier molecular flexibility index (Phi) is 2.68. The number of anilines is 1. The van der Waals surface area contributed by atoms with E-state index in [1.54, 1.807) is 6.07 Å². The summed E-state index contributed by atoms with van der Waals surface area (Å²) in [5.41, 5.74) is 9.01. The van der Waals surface area contributed by atoms with Gasteiger partial charge in [-0.05, 0) is 24.6 Å². The zero-order chi connectivity index (χ0) is 13.6. The van der Waals surface area contributed by atoms with Gasteiger partial charge in [-0.25, -0.2) is 9.37 Å². The van der Waals surface area contributed by atoms with E-state index in [1.807, 2.05) is 19.1 Å². The lowest BCUT2D eigenvalue weighted by molar-refractivity contribution is 0.602. The van der Waals surface area contributed by atoms with Crippen LogP contribution in [0.25, 0.3) is 22.6 Å². The molecule has 1 heterocycles. The Balaban J connectivity index is 2.26. The molecule has 0 saturated heterocycles. The molecule has 3 rings (SSSR count). The highest BCUT2D eigenvalue weighted by molar-refractivity contribution is 6.31. The molecule has 0 bridgehead atoms. The van der Waals surface area contributed by atoms with Gasteiger partial charge in [0.05, 0.1) is 10.6 Å². The number of aromatic nitrogens is 1. The summed E-state index contributed by atoms with van der Waals surface area (Å²) in [7, 11) is 0. The largest absolute Gasteiger partial charge is 0.436 e. The second-order valence-electron chi connectivity index (χ2n) is 4.29. The van der Waals surface area contributed by atoms with Crippen LogP contribution in [0.3, 0.4) is 0 Å². The number of benzene rings is 2. The first kappa shape index (κ1) is 12.0. The smallest absolute Gasteiger partial charge is 0.229 e. The van der Waals surface area contributed by atoms with Crippen LogP contribution in [0.15, 0.2) is 34.7 Å². The average Bonchev–Trinajstić information content (AvgIpc) is 2.72. The zero-order valence-electron chi connectivity index (χ0n) is 10.1. The highest BCUT2D eigenvalue weighted by Crippen LogP contribution is 2.32. The number of halogens is 2. The van der Waals surface area contributed by atoms with E-state index in [4.69, 9.17) is 21.8 Å². The molecule has 0 saturated carbocycles. The quantitative estimate of drug-likeness (QED) is 0.678. The van der Waals surface area contributed by atoms with E-state index in [9.17, 15) is 4.39 Å². The molecule has 3 aromatic rings. The lowest BCUT2D eigenvalue weighted by atomic mass is 10.1. The van der Waals surface area contributed by atoms with Crippen molar-refractivity contribution in [3.63, 3.8) is 0 Å². The fourth-order valence-electron chi connectivity index (χ4n) is 2.01. The van der Waals surface area contributed by atoms with Crippen molar-refractivity contribution in [3.05, 3.63) is 46.7 Å². The summed E-state index contributed by atoms with van der Waals surface area (Å²) in [6.07, 6.45) is 0. The van der Waals surface area contributed by atoms with Crippen LogP contribution >= 0.6 is 11.6 Å². The number of fused-ring (bicyclic) bond motifs is 1. The summed E-state index contributed by atoms with van der Waals surface area (Å²) in [5, 5.41) is 0.0186. The van der Waals surface area contributed by atoms with Crippen molar-refractivity contribution in [3.8, 4) is 11.5 Å². The molecule has 0 aliphatic heterocycles. The molecule has 0 unspecified atom stereocenters. The fourth-order valence-corrected chi connectivity index (χ4v) is 2.17. The molecule has 2 aromatic carbocycles. The summed E-state index contributed by atoms with van der Waals surface area (Å²) in [4.78, 5) is 4.31. The summed E-state index contributed by atoms with van der Waals surface area (Å²) in [6.45, 7) is 1.91. The summed E-state index contributed by atoms with van der Waals surface area (Å²) < 4.78 is 18.9. The van der Waals surface area contributed by atoms with Crippen molar-refractivity contribution in [2.75, 3.05) is 5.73 Å². The van der Waals surface area contributed by atoms with Crippen molar-refractivity contribution in [1.82, 2.24) is 4.98 Å². The van der Waals surface area contributed by atoms with Gasteiger partial charge in [-0.3, -0.25) is 0 Å². The number of nitrogen functional groups attached to an aromatic ring is 1. The predicted molar refractivity (Wildman–Crippen MR) is 73.6 cm³/mol. The molecule has 19 heavy (non-hydrogen) atoms. The zero-order valence-corrected chi connectivity index (χ0v) is 10.8. The average molecular weight is 277 g/mol. The lowest BCUT2D eigenvalue weighted by Gasteiger charge is -2.04. The Labute approximate surface area is 113 Å². The number of aryl methyl sites for hydroxylation is 1. The molecule has 0 aliphatic carbocycles. The minimum absolute atomic E-state index is 0.0186. The molecular formula is C14H10ClFN2O. The minimum Gasteiger partial charge on any atom is -0.436 e. The summed E-state index contributed by atoms with van der Waals surface area (Å²) in [6, 6.07) is 8.20. The van der Waals surface area contributed by atoms with Gasteiger partial charge in [0.1, 0.15) is 11.3 Å². The van der Waals surface area contributed by atoms with Crippen LogP contribution in [0.5, 0.6) is 0 Å². The van der Waals surface area contributed by atoms with E-state index in [0.717, 1.165) is 11.1 Å². The van der Waals surface area contributed by atoms with Crippen molar-refractivity contribution >= 4 is 28.4 Å². The van der Waals surface area contributed by atoms with Crippen molar-refractivity contribution in [2.24, 2.45) is 0 Å². The Bertz CT molecular complexity index is 723. The Morgan fingerprint density at radius 3 is 2.84 bits per heavy atom. The van der Waals surface area contributed by atoms with E-state index in [2.05, 4.69) is 4.98 Å². The van der Waals surface area contributed by atoms with E-state index >= 15 is 0 Å². The van der Waals surface area contributed by atoms with Crippen LogP contribution in [0.2, 0.25) is 5.02 Å². The molecule has 5 heteroatoms. The van der Waals surface area contributed by atoms with Crippen LogP contribution in [-0.2, 0) is 0 Å². The first-order chi connectivity index (χ1) is 9.06. The topological polar surface area (TPSA) is 52.0 Å². The molecule has 0 radical (unpaired) electrons. The highest BCUT2D eigenvalue weighted by Gasteiger charge is 2.15. The number of oxazole rings is 1. The van der Waals surface area contributed by atoms with Gasteiger partial charge in [0.25, 0.3) is 0 Å². The molecule has 3 nitrogen and oxygen atoms in total. The van der Waals surface area contributed by atoms with Crippen LogP contribution in [0, 0.1) is 12.7 Å². The molecule has 1 aromatic heterocycles. The van der Waals surface area contributed by atoms with Gasteiger partial charge in [0.2, 0.25) is 5.89 Å². The monoisotopic (exact) mass is 276 g/mol. The first-order valence-corrected chi connectivity index (χ1v) is 6.05. The van der Waals surface area contributed by atoms with Crippen LogP contribution in [0.4, 0.5) is 10.1 Å². The Hall–Kier alpha value is -2.07. The molecule has 0 amide bonds. The molecule has 0 fully saturated rings. The van der Waals surface area contributed by atoms with Crippen LogP contribution in [-0.4, -0.2) is 4.98 Å². The normalized spacial score (nSPS) is 11.1. The van der Waals surface area contributed by atoms with Gasteiger partial charge in [0.15, 0.2) is 5.58 Å². The standard InChI is InChI=1S/C14H10ClFN2O/c1-7-3-2-4-10(17)13(7)14-18-11-5-8(15)9(16)6-12(11)19-14/h2-6H,17H2,1H3. The predicted octanol–water partition coefficient (Wildman–Crippen LogP) is 4.18. The Morgan fingerprint density at radius 2 is 2.11 bits per heavy atom. The van der Waals surface area contributed by atoms with Crippen LogP contribution in [0.1, 0.15) is 5.56 Å². The summed E-state index contributed by atoms with van der Waals surface area (Å²) >= 11 is 5.72. The first-order valence-electron chi connectivity index (χ1n) is 5.67. The number of hydrogen-bond donors (Lipinski definition) is 1. The number of nitrogens with zero attached hydrogens (tertiary/aromatic N) is 1. The van der Waals surface area contributed by atoms with Gasteiger partial charge >= 0.3 is 0 Å². The molecule has 0 aliphatic rings. The number of rotatable bonds is 1. The molecule has 0 spiro atoms. The number of hydrogen-bond acceptors (Lipinski definition) is 3. The maximum Gasteiger partial charge on any atom is 0.229 e. The lowest BCUT2D eigenvalue weighted by Crippen LogP contribution is -1.92. The maximum atomic E-state index is 13.4. The van der Waals surface area contributed by atoms with E-state index in [0.29, 0.717) is 22.7 Å². The second-order valence-corrected chi connectivity index (χ2v) is 4.70. The van der Waals surface area contributed by atoms with Gasteiger partial charge in [-0.15, -0.1) is 0 Å². The van der Waals surface area contributed by atoms with Gasteiger partial charge < -0.3 is 10.2 Å². The van der Waals surface area contributed by atoms with E-state index in [1.165, 1.54) is 12.1 Å². The van der Waals surface area contributed by atoms with Crippen molar-refractivity contribution in [1.29, 1.82) is 0 Å². The number of nitrogens with two attached hydrogens (primary N) is 1. The van der Waals surface area contributed by atoms with Crippen molar-refractivity contribution in [2.45, 2.75) is 6.92 Å². The van der Waals surface area contributed by atoms with Crippen LogP contribution < -0.4 is 5.73 Å². The Morgan fingerprint density at radius 1 is 1.32 bits per heavy atom. The highest BCUT2D eigenvalue weighted by atomic mass is 35.5. The van der Waals surface area contributed by atoms with Crippen molar-refractivity contribution < 1.29 is 8.81 Å². The molecular weight excluding hydrogens is 267 g/mol. The van der Waals surface area contributed by atoms with E-state index < -0.39 is 5.82 Å². The summed E-state index contributed by atoms with van der Waals surface area (Å²) in [5.74, 6) is -0.165. The maximum absolute atomic E-state index is 13.4. The molecule has 96 valence electrons. The fraction of sp³-hybridized carbons (Fsp3) is 0.0714. The van der Waals surface area contributed by atoms with Gasteiger partial charge in [0, 0.05) is 11.8 Å². The third-order valence-electron chi connectivity index (χ3n) is 2.95. The van der Waals surface area contributed by atoms with E-state index in [-0.39, 0.29) is 5.02 Å². The SMILES string of the molecule is Cc1cccc(N)c1-c1nc2cc(Cl)c(F)cc2o1.